The number of nitrogens with two attached hydrogens (primary N) is 1. The molecule has 2 rings (SSSR count). The van der Waals surface area contributed by atoms with Gasteiger partial charge in [-0.25, -0.2) is 0 Å². The van der Waals surface area contributed by atoms with E-state index in [2.05, 4.69) is 19.2 Å². The van der Waals surface area contributed by atoms with E-state index >= 15 is 0 Å². The highest BCUT2D eigenvalue weighted by Crippen LogP contribution is 2.22. The fourth-order valence-corrected chi connectivity index (χ4v) is 3.33. The fraction of sp³-hybridized carbons (Fsp3) is 0.455. The molecule has 146 valence electrons. The molecule has 5 heteroatoms. The molecule has 0 fully saturated rings. The van der Waals surface area contributed by atoms with Crippen molar-refractivity contribution >= 4 is 11.8 Å². The molecular weight excluding hydrogens is 338 g/mol. The summed E-state index contributed by atoms with van der Waals surface area (Å²) in [5, 5.41) is 2.93. The van der Waals surface area contributed by atoms with Gasteiger partial charge in [-0.15, -0.1) is 0 Å². The normalized spacial score (nSPS) is 13.1. The Hall–Kier alpha value is -2.40. The average molecular weight is 370 g/mol. The maximum Gasteiger partial charge on any atom is 0.253 e. The Bertz CT molecular complexity index is 724. The Balaban J connectivity index is 2.19. The van der Waals surface area contributed by atoms with E-state index in [4.69, 9.17) is 5.73 Å². The molecule has 5 nitrogen and oxygen atoms in total. The summed E-state index contributed by atoms with van der Waals surface area (Å²) < 4.78 is 1.71. The number of carbonyl (C=O) groups is 2. The first-order valence-corrected chi connectivity index (χ1v) is 9.85. The average Bonchev–Trinajstić information content (AvgIpc) is 3.17. The van der Waals surface area contributed by atoms with Gasteiger partial charge in [-0.2, -0.15) is 0 Å². The molecule has 2 atom stereocenters. The van der Waals surface area contributed by atoms with E-state index in [0.29, 0.717) is 24.4 Å². The second-order valence-electron chi connectivity index (χ2n) is 7.01. The lowest BCUT2D eigenvalue weighted by atomic mass is 10.0. The molecule has 1 aromatic carbocycles. The largest absolute Gasteiger partial charge is 0.340 e. The van der Waals surface area contributed by atoms with Crippen molar-refractivity contribution < 1.29 is 9.59 Å². The van der Waals surface area contributed by atoms with Gasteiger partial charge in [0, 0.05) is 17.5 Å². The van der Waals surface area contributed by atoms with Crippen molar-refractivity contribution in [2.45, 2.75) is 57.9 Å². The van der Waals surface area contributed by atoms with Crippen LogP contribution in [0.5, 0.6) is 0 Å². The lowest BCUT2D eigenvalue weighted by Gasteiger charge is -2.21. The molecule has 0 saturated carbocycles. The number of nitrogens with one attached hydrogen (secondary N) is 1. The van der Waals surface area contributed by atoms with Crippen molar-refractivity contribution in [3.05, 3.63) is 59.9 Å². The molecule has 0 saturated heterocycles. The van der Waals surface area contributed by atoms with Gasteiger partial charge in [-0.05, 0) is 62.4 Å². The molecule has 0 aliphatic heterocycles. The third kappa shape index (κ3) is 5.79. The van der Waals surface area contributed by atoms with Crippen LogP contribution in [0.1, 0.15) is 72.7 Å². The standard InChI is InChI=1S/C22H31N3O2/c1-3-10-17(2)20-14-9-16-25(20)22(27)19(13-7-8-15-23)24-21(26)18-11-5-4-6-12-18/h4-6,9,11-12,14,16-17,19H,3,7-8,10,13,15,23H2,1-2H3,(H,24,26)/t17?,19-/m0/s1. The molecule has 27 heavy (non-hydrogen) atoms. The zero-order chi connectivity index (χ0) is 19.6. The minimum Gasteiger partial charge on any atom is -0.340 e. The Kier molecular flexibility index (Phi) is 8.27. The summed E-state index contributed by atoms with van der Waals surface area (Å²) in [5.74, 6) is -0.0141. The van der Waals surface area contributed by atoms with Gasteiger partial charge in [0.25, 0.3) is 11.8 Å². The van der Waals surface area contributed by atoms with E-state index in [9.17, 15) is 9.59 Å². The highest BCUT2D eigenvalue weighted by Gasteiger charge is 2.24. The van der Waals surface area contributed by atoms with Gasteiger partial charge in [0.05, 0.1) is 0 Å². The molecule has 0 spiro atoms. The quantitative estimate of drug-likeness (QED) is 0.622. The predicted molar refractivity (Wildman–Crippen MR) is 109 cm³/mol. The number of unbranched alkanes of at least 4 members (excludes halogenated alkanes) is 1. The van der Waals surface area contributed by atoms with Crippen LogP contribution < -0.4 is 11.1 Å². The van der Waals surface area contributed by atoms with Gasteiger partial charge in [-0.3, -0.25) is 14.2 Å². The van der Waals surface area contributed by atoms with Crippen LogP contribution >= 0.6 is 0 Å². The van der Waals surface area contributed by atoms with Crippen molar-refractivity contribution in [2.75, 3.05) is 6.54 Å². The molecule has 1 heterocycles. The third-order valence-corrected chi connectivity index (χ3v) is 4.83. The second-order valence-corrected chi connectivity index (χ2v) is 7.01. The zero-order valence-corrected chi connectivity index (χ0v) is 16.4. The molecule has 2 aromatic rings. The van der Waals surface area contributed by atoms with Crippen LogP contribution in [0.4, 0.5) is 0 Å². The number of carbonyl (C=O) groups excluding carboxylic acids is 2. The Morgan fingerprint density at radius 2 is 1.81 bits per heavy atom. The van der Waals surface area contributed by atoms with Crippen LogP contribution in [0, 0.1) is 0 Å². The molecule has 0 bridgehead atoms. The van der Waals surface area contributed by atoms with E-state index in [0.717, 1.165) is 31.4 Å². The number of benzene rings is 1. The second kappa shape index (κ2) is 10.7. The molecule has 1 amide bonds. The van der Waals surface area contributed by atoms with Crippen molar-refractivity contribution in [3.63, 3.8) is 0 Å². The number of aromatic nitrogens is 1. The van der Waals surface area contributed by atoms with Gasteiger partial charge < -0.3 is 11.1 Å². The molecule has 3 N–H and O–H groups in total. The summed E-state index contributed by atoms with van der Waals surface area (Å²) in [4.78, 5) is 25.8. The number of hydrogen-bond acceptors (Lipinski definition) is 3. The van der Waals surface area contributed by atoms with E-state index < -0.39 is 6.04 Å². The fourth-order valence-electron chi connectivity index (χ4n) is 3.33. The molecule has 1 aromatic heterocycles. The number of amides is 1. The molecule has 0 radical (unpaired) electrons. The van der Waals surface area contributed by atoms with Crippen LogP contribution in [-0.2, 0) is 0 Å². The number of hydrogen-bond donors (Lipinski definition) is 2. The van der Waals surface area contributed by atoms with Crippen LogP contribution in [0.3, 0.4) is 0 Å². The maximum atomic E-state index is 13.2. The highest BCUT2D eigenvalue weighted by molar-refractivity contribution is 5.98. The predicted octanol–water partition coefficient (Wildman–Crippen LogP) is 3.96. The van der Waals surface area contributed by atoms with E-state index in [1.807, 2.05) is 30.3 Å². The van der Waals surface area contributed by atoms with E-state index in [1.165, 1.54) is 0 Å². The van der Waals surface area contributed by atoms with Crippen molar-refractivity contribution in [1.82, 2.24) is 9.88 Å². The highest BCUT2D eigenvalue weighted by atomic mass is 16.2. The lowest BCUT2D eigenvalue weighted by Crippen LogP contribution is -2.43. The molecular formula is C22H31N3O2. The minimum absolute atomic E-state index is 0.0840. The van der Waals surface area contributed by atoms with Gasteiger partial charge in [-0.1, -0.05) is 38.5 Å². The topological polar surface area (TPSA) is 77.1 Å². The third-order valence-electron chi connectivity index (χ3n) is 4.83. The summed E-state index contributed by atoms with van der Waals surface area (Å²) in [6.45, 7) is 4.85. The summed E-state index contributed by atoms with van der Waals surface area (Å²) in [6, 6.07) is 12.3. The molecule has 0 aliphatic rings. The van der Waals surface area contributed by atoms with Crippen LogP contribution in [0.25, 0.3) is 0 Å². The first-order valence-electron chi connectivity index (χ1n) is 9.85. The van der Waals surface area contributed by atoms with Crippen LogP contribution in [0.15, 0.2) is 48.7 Å². The van der Waals surface area contributed by atoms with Crippen LogP contribution in [-0.4, -0.2) is 29.0 Å². The SMILES string of the molecule is CCCC(C)c1cccn1C(=O)[C@H](CCCCN)NC(=O)c1ccccc1. The van der Waals surface area contributed by atoms with Gasteiger partial charge in [0.1, 0.15) is 6.04 Å². The summed E-state index contributed by atoms with van der Waals surface area (Å²) in [5.41, 5.74) is 7.15. The van der Waals surface area contributed by atoms with Crippen molar-refractivity contribution in [2.24, 2.45) is 5.73 Å². The number of nitrogens with zero attached hydrogens (tertiary/aromatic N) is 1. The maximum absolute atomic E-state index is 13.2. The van der Waals surface area contributed by atoms with Gasteiger partial charge >= 0.3 is 0 Å². The van der Waals surface area contributed by atoms with E-state index in [-0.39, 0.29) is 11.8 Å². The summed E-state index contributed by atoms with van der Waals surface area (Å²) >= 11 is 0. The lowest BCUT2D eigenvalue weighted by molar-refractivity contribution is 0.0794. The Morgan fingerprint density at radius 3 is 2.48 bits per heavy atom. The Morgan fingerprint density at radius 1 is 1.07 bits per heavy atom. The first kappa shape index (κ1) is 20.9. The monoisotopic (exact) mass is 369 g/mol. The molecule has 0 aliphatic carbocycles. The van der Waals surface area contributed by atoms with Gasteiger partial charge in [0.15, 0.2) is 0 Å². The van der Waals surface area contributed by atoms with Gasteiger partial charge in [0.2, 0.25) is 0 Å². The zero-order valence-electron chi connectivity index (χ0n) is 16.4. The van der Waals surface area contributed by atoms with Crippen LogP contribution in [0.2, 0.25) is 0 Å². The summed E-state index contributed by atoms with van der Waals surface area (Å²) in [7, 11) is 0. The Labute approximate surface area is 161 Å². The van der Waals surface area contributed by atoms with E-state index in [1.54, 1.807) is 22.9 Å². The number of rotatable bonds is 10. The van der Waals surface area contributed by atoms with Crippen molar-refractivity contribution in [1.29, 1.82) is 0 Å². The van der Waals surface area contributed by atoms with Crippen molar-refractivity contribution in [3.8, 4) is 0 Å². The summed E-state index contributed by atoms with van der Waals surface area (Å²) in [6.07, 6.45) is 6.08. The molecule has 1 unspecified atom stereocenters. The minimum atomic E-state index is -0.566. The first-order chi connectivity index (χ1) is 13.1. The smallest absolute Gasteiger partial charge is 0.253 e.